The summed E-state index contributed by atoms with van der Waals surface area (Å²) < 4.78 is 24.5. The number of rotatable bonds is 3. The lowest BCUT2D eigenvalue weighted by atomic mass is 10.2. The Bertz CT molecular complexity index is 441. The summed E-state index contributed by atoms with van der Waals surface area (Å²) in [5.74, 6) is -2.35. The van der Waals surface area contributed by atoms with E-state index in [0.717, 1.165) is 6.07 Å². The minimum absolute atomic E-state index is 0.180. The van der Waals surface area contributed by atoms with Gasteiger partial charge >= 0.3 is 5.97 Å². The molecule has 82 valence electrons. The molecular weight excluding hydrogens is 212 g/mol. The van der Waals surface area contributed by atoms with E-state index >= 15 is 0 Å². The Kier molecular flexibility index (Phi) is 3.03. The molecule has 0 saturated carbocycles. The molecule has 1 rings (SSSR count). The van der Waals surface area contributed by atoms with Gasteiger partial charge in [-0.15, -0.1) is 0 Å². The van der Waals surface area contributed by atoms with Gasteiger partial charge < -0.3 is 15.2 Å². The number of carbonyl (C=O) groups is 1. The first-order valence-electron chi connectivity index (χ1n) is 3.87. The maximum atomic E-state index is 12.2. The van der Waals surface area contributed by atoms with Crippen molar-refractivity contribution >= 4 is 5.97 Å². The maximum Gasteiger partial charge on any atom is 0.309 e. The third-order valence-electron chi connectivity index (χ3n) is 1.65. The van der Waals surface area contributed by atoms with Gasteiger partial charge in [-0.1, -0.05) is 0 Å². The molecule has 0 aromatic carbocycles. The molecule has 0 amide bonds. The van der Waals surface area contributed by atoms with Crippen molar-refractivity contribution in [1.82, 2.24) is 4.98 Å². The summed E-state index contributed by atoms with van der Waals surface area (Å²) in [6.07, 6.45) is -3.65. The molecule has 0 aliphatic carbocycles. The first-order valence-corrected chi connectivity index (χ1v) is 3.87. The zero-order valence-corrected chi connectivity index (χ0v) is 7.33. The van der Waals surface area contributed by atoms with Gasteiger partial charge in [-0.25, -0.2) is 8.78 Å². The topological polar surface area (TPSA) is 90.4 Å². The number of H-pyrrole nitrogens is 1. The highest BCUT2D eigenvalue weighted by atomic mass is 19.3. The van der Waals surface area contributed by atoms with Gasteiger partial charge in [0.25, 0.3) is 6.43 Å². The van der Waals surface area contributed by atoms with E-state index in [1.54, 1.807) is 0 Å². The van der Waals surface area contributed by atoms with Crippen molar-refractivity contribution in [3.63, 3.8) is 0 Å². The molecule has 0 fully saturated rings. The van der Waals surface area contributed by atoms with Gasteiger partial charge in [0, 0.05) is 11.8 Å². The van der Waals surface area contributed by atoms with Crippen LogP contribution < -0.4 is 5.43 Å². The molecule has 1 aromatic rings. The van der Waals surface area contributed by atoms with Crippen LogP contribution in [0.15, 0.2) is 10.9 Å². The standard InChI is InChI=1S/C8H7F2NO4/c9-8(10)6-7(15)4(12)1-3(11-6)2-5(13)14/h1,8,15H,2H2,(H,11,12)(H,13,14). The molecule has 0 saturated heterocycles. The number of hydrogen-bond acceptors (Lipinski definition) is 3. The van der Waals surface area contributed by atoms with Crippen LogP contribution in [0.25, 0.3) is 0 Å². The molecule has 1 heterocycles. The van der Waals surface area contributed by atoms with Gasteiger partial charge in [-0.2, -0.15) is 0 Å². The summed E-state index contributed by atoms with van der Waals surface area (Å²) in [5, 5.41) is 17.3. The van der Waals surface area contributed by atoms with Crippen LogP contribution in [0.4, 0.5) is 8.78 Å². The van der Waals surface area contributed by atoms with Crippen LogP contribution in [0.2, 0.25) is 0 Å². The lowest BCUT2D eigenvalue weighted by Crippen LogP contribution is -2.11. The fourth-order valence-electron chi connectivity index (χ4n) is 1.04. The molecular formula is C8H7F2NO4. The average molecular weight is 219 g/mol. The molecule has 7 heteroatoms. The van der Waals surface area contributed by atoms with Crippen molar-refractivity contribution in [2.45, 2.75) is 12.8 Å². The van der Waals surface area contributed by atoms with Crippen LogP contribution in [0, 0.1) is 0 Å². The third-order valence-corrected chi connectivity index (χ3v) is 1.65. The monoisotopic (exact) mass is 219 g/mol. The van der Waals surface area contributed by atoms with E-state index in [1.807, 2.05) is 4.98 Å². The van der Waals surface area contributed by atoms with Crippen LogP contribution in [0.5, 0.6) is 5.75 Å². The number of pyridine rings is 1. The summed E-state index contributed by atoms with van der Waals surface area (Å²) in [4.78, 5) is 23.2. The number of halogens is 2. The van der Waals surface area contributed by atoms with Crippen molar-refractivity contribution in [3.8, 4) is 5.75 Å². The van der Waals surface area contributed by atoms with Gasteiger partial charge in [-0.05, 0) is 0 Å². The fourth-order valence-corrected chi connectivity index (χ4v) is 1.04. The van der Waals surface area contributed by atoms with Crippen molar-refractivity contribution in [2.24, 2.45) is 0 Å². The number of aromatic nitrogens is 1. The molecule has 0 bridgehead atoms. The predicted molar refractivity (Wildman–Crippen MR) is 45.0 cm³/mol. The van der Waals surface area contributed by atoms with Crippen molar-refractivity contribution < 1.29 is 23.8 Å². The smallest absolute Gasteiger partial charge is 0.309 e. The van der Waals surface area contributed by atoms with E-state index in [4.69, 9.17) is 10.2 Å². The number of carboxylic acids is 1. The van der Waals surface area contributed by atoms with Gasteiger partial charge in [0.15, 0.2) is 5.75 Å². The molecule has 0 aliphatic heterocycles. The Balaban J connectivity index is 3.23. The number of alkyl halides is 2. The van der Waals surface area contributed by atoms with E-state index in [9.17, 15) is 18.4 Å². The van der Waals surface area contributed by atoms with Gasteiger partial charge in [-0.3, -0.25) is 9.59 Å². The Morgan fingerprint density at radius 2 is 2.13 bits per heavy atom. The van der Waals surface area contributed by atoms with E-state index in [0.29, 0.717) is 0 Å². The fraction of sp³-hybridized carbons (Fsp3) is 0.250. The quantitative estimate of drug-likeness (QED) is 0.695. The number of hydrogen-bond donors (Lipinski definition) is 3. The lowest BCUT2D eigenvalue weighted by molar-refractivity contribution is -0.136. The Morgan fingerprint density at radius 3 is 2.60 bits per heavy atom. The first kappa shape index (κ1) is 11.2. The van der Waals surface area contributed by atoms with E-state index in [2.05, 4.69) is 0 Å². The molecule has 1 aromatic heterocycles. The molecule has 15 heavy (non-hydrogen) atoms. The number of carboxylic acid groups (broad SMARTS) is 1. The molecule has 0 aliphatic rings. The number of nitrogens with one attached hydrogen (secondary N) is 1. The molecule has 5 nitrogen and oxygen atoms in total. The molecule has 0 unspecified atom stereocenters. The van der Waals surface area contributed by atoms with E-state index in [1.165, 1.54) is 0 Å². The predicted octanol–water partition coefficient (Wildman–Crippen LogP) is 0.645. The second kappa shape index (κ2) is 4.07. The van der Waals surface area contributed by atoms with E-state index in [-0.39, 0.29) is 5.69 Å². The molecule has 3 N–H and O–H groups in total. The second-order valence-corrected chi connectivity index (χ2v) is 2.79. The summed E-state index contributed by atoms with van der Waals surface area (Å²) in [5.41, 5.74) is -2.17. The molecule has 0 radical (unpaired) electrons. The normalized spacial score (nSPS) is 10.6. The highest BCUT2D eigenvalue weighted by Gasteiger charge is 2.17. The van der Waals surface area contributed by atoms with Crippen LogP contribution in [-0.4, -0.2) is 21.2 Å². The van der Waals surface area contributed by atoms with Crippen LogP contribution >= 0.6 is 0 Å². The van der Waals surface area contributed by atoms with Crippen LogP contribution in [0.1, 0.15) is 17.8 Å². The van der Waals surface area contributed by atoms with Gasteiger partial charge in [0.1, 0.15) is 5.69 Å². The van der Waals surface area contributed by atoms with E-state index < -0.39 is 35.7 Å². The average Bonchev–Trinajstić information content (AvgIpc) is 2.09. The summed E-state index contributed by atoms with van der Waals surface area (Å²) >= 11 is 0. The largest absolute Gasteiger partial charge is 0.503 e. The summed E-state index contributed by atoms with van der Waals surface area (Å²) in [6, 6.07) is 0.773. The first-order chi connectivity index (χ1) is 6.91. The number of aromatic amines is 1. The number of aromatic hydroxyl groups is 1. The van der Waals surface area contributed by atoms with Crippen LogP contribution in [0.3, 0.4) is 0 Å². The highest BCUT2D eigenvalue weighted by Crippen LogP contribution is 2.22. The van der Waals surface area contributed by atoms with Crippen molar-refractivity contribution in [2.75, 3.05) is 0 Å². The zero-order chi connectivity index (χ0) is 11.6. The highest BCUT2D eigenvalue weighted by molar-refractivity contribution is 5.69. The van der Waals surface area contributed by atoms with Gasteiger partial charge in [0.05, 0.1) is 6.42 Å². The van der Waals surface area contributed by atoms with Crippen molar-refractivity contribution in [3.05, 3.63) is 27.7 Å². The Hall–Kier alpha value is -1.92. The lowest BCUT2D eigenvalue weighted by Gasteiger charge is -2.05. The van der Waals surface area contributed by atoms with Gasteiger partial charge in [0.2, 0.25) is 5.43 Å². The third kappa shape index (κ3) is 2.52. The SMILES string of the molecule is O=C(O)Cc1cc(=O)c(O)c(C(F)F)[nH]1. The Morgan fingerprint density at radius 1 is 1.53 bits per heavy atom. The maximum absolute atomic E-state index is 12.2. The summed E-state index contributed by atoms with van der Waals surface area (Å²) in [6.45, 7) is 0. The van der Waals surface area contributed by atoms with Crippen LogP contribution in [-0.2, 0) is 11.2 Å². The van der Waals surface area contributed by atoms with Crippen molar-refractivity contribution in [1.29, 1.82) is 0 Å². The molecule has 0 spiro atoms. The number of aliphatic carboxylic acids is 1. The molecule has 0 atom stereocenters. The second-order valence-electron chi connectivity index (χ2n) is 2.79. The Labute approximate surface area is 82.0 Å². The minimum Gasteiger partial charge on any atom is -0.503 e. The zero-order valence-electron chi connectivity index (χ0n) is 7.33. The summed E-state index contributed by atoms with van der Waals surface area (Å²) in [7, 11) is 0. The minimum atomic E-state index is -3.06.